The molecule has 0 spiro atoms. The fourth-order valence-corrected chi connectivity index (χ4v) is 2.51. The van der Waals surface area contributed by atoms with Gasteiger partial charge in [0, 0.05) is 37.8 Å². The van der Waals surface area contributed by atoms with E-state index < -0.39 is 0 Å². The van der Waals surface area contributed by atoms with E-state index in [9.17, 15) is 0 Å². The highest BCUT2D eigenvalue weighted by Gasteiger charge is 2.16. The van der Waals surface area contributed by atoms with Gasteiger partial charge in [-0.05, 0) is 12.7 Å². The zero-order valence-corrected chi connectivity index (χ0v) is 11.0. The fraction of sp³-hybridized carbons (Fsp3) is 0.636. The van der Waals surface area contributed by atoms with Gasteiger partial charge in [-0.3, -0.25) is 4.98 Å². The van der Waals surface area contributed by atoms with Gasteiger partial charge in [0.05, 0.1) is 5.69 Å². The highest BCUT2D eigenvalue weighted by Crippen LogP contribution is 2.18. The highest BCUT2D eigenvalue weighted by atomic mass is 32.2. The Balaban J connectivity index is 2.88. The van der Waals surface area contributed by atoms with Crippen LogP contribution in [-0.2, 0) is 6.54 Å². The molecule has 1 atom stereocenters. The van der Waals surface area contributed by atoms with E-state index in [1.807, 2.05) is 11.8 Å². The van der Waals surface area contributed by atoms with Crippen molar-refractivity contribution in [1.82, 2.24) is 9.97 Å². The van der Waals surface area contributed by atoms with Crippen molar-refractivity contribution >= 4 is 17.6 Å². The summed E-state index contributed by atoms with van der Waals surface area (Å²) in [5.41, 5.74) is 6.53. The standard InChI is InChI=1S/C11H20N4S/c1-4-9(8-16-3)15(2)11-10(7-12)13-5-6-14-11/h5-6,9H,4,7-8,12H2,1-3H3. The molecule has 0 aliphatic heterocycles. The molecule has 0 bridgehead atoms. The molecule has 1 rings (SSSR count). The third-order valence-electron chi connectivity index (χ3n) is 2.66. The van der Waals surface area contributed by atoms with Crippen molar-refractivity contribution in [2.24, 2.45) is 5.73 Å². The second-order valence-corrected chi connectivity index (χ2v) is 4.57. The van der Waals surface area contributed by atoms with Crippen LogP contribution in [-0.4, -0.2) is 35.1 Å². The second-order valence-electron chi connectivity index (χ2n) is 3.66. The largest absolute Gasteiger partial charge is 0.354 e. The van der Waals surface area contributed by atoms with Gasteiger partial charge < -0.3 is 10.6 Å². The van der Waals surface area contributed by atoms with Crippen LogP contribution in [0.1, 0.15) is 19.0 Å². The minimum Gasteiger partial charge on any atom is -0.354 e. The summed E-state index contributed by atoms with van der Waals surface area (Å²) in [4.78, 5) is 10.8. The van der Waals surface area contributed by atoms with Crippen LogP contribution in [0.15, 0.2) is 12.4 Å². The molecule has 1 aromatic heterocycles. The van der Waals surface area contributed by atoms with Crippen LogP contribution in [0.2, 0.25) is 0 Å². The summed E-state index contributed by atoms with van der Waals surface area (Å²) in [7, 11) is 2.06. The Bertz CT molecular complexity index is 319. The molecule has 0 saturated carbocycles. The van der Waals surface area contributed by atoms with Crippen LogP contribution in [0.4, 0.5) is 5.82 Å². The average Bonchev–Trinajstić information content (AvgIpc) is 2.35. The Kier molecular flexibility index (Phi) is 5.55. The zero-order chi connectivity index (χ0) is 12.0. The highest BCUT2D eigenvalue weighted by molar-refractivity contribution is 7.98. The molecule has 0 aliphatic carbocycles. The molecule has 90 valence electrons. The van der Waals surface area contributed by atoms with E-state index in [-0.39, 0.29) is 0 Å². The predicted octanol–water partition coefficient (Wildman–Crippen LogP) is 1.51. The number of hydrogen-bond acceptors (Lipinski definition) is 5. The first-order chi connectivity index (χ1) is 7.74. The third-order valence-corrected chi connectivity index (χ3v) is 3.38. The Hall–Kier alpha value is -0.810. The first kappa shape index (κ1) is 13.3. The predicted molar refractivity (Wildman–Crippen MR) is 70.8 cm³/mol. The van der Waals surface area contributed by atoms with Crippen molar-refractivity contribution in [3.63, 3.8) is 0 Å². The lowest BCUT2D eigenvalue weighted by molar-refractivity contribution is 0.659. The maximum Gasteiger partial charge on any atom is 0.151 e. The molecule has 0 aromatic carbocycles. The van der Waals surface area contributed by atoms with Gasteiger partial charge in [-0.25, -0.2) is 4.98 Å². The van der Waals surface area contributed by atoms with Gasteiger partial charge in [-0.15, -0.1) is 0 Å². The molecule has 0 radical (unpaired) electrons. The normalized spacial score (nSPS) is 12.5. The molecule has 4 nitrogen and oxygen atoms in total. The summed E-state index contributed by atoms with van der Waals surface area (Å²) in [5, 5.41) is 0. The molecule has 2 N–H and O–H groups in total. The van der Waals surface area contributed by atoms with Crippen molar-refractivity contribution in [2.45, 2.75) is 25.9 Å². The van der Waals surface area contributed by atoms with E-state index in [0.717, 1.165) is 23.7 Å². The van der Waals surface area contributed by atoms with Crippen LogP contribution >= 0.6 is 11.8 Å². The molecule has 0 aliphatic rings. The van der Waals surface area contributed by atoms with E-state index in [4.69, 9.17) is 5.73 Å². The molecular formula is C11H20N4S. The summed E-state index contributed by atoms with van der Waals surface area (Å²) >= 11 is 1.85. The van der Waals surface area contributed by atoms with Crippen LogP contribution in [0, 0.1) is 0 Å². The van der Waals surface area contributed by atoms with Gasteiger partial charge in [0.1, 0.15) is 0 Å². The van der Waals surface area contributed by atoms with Crippen molar-refractivity contribution in [2.75, 3.05) is 24.0 Å². The van der Waals surface area contributed by atoms with Crippen molar-refractivity contribution in [1.29, 1.82) is 0 Å². The van der Waals surface area contributed by atoms with E-state index in [2.05, 4.69) is 35.1 Å². The first-order valence-corrected chi connectivity index (χ1v) is 6.85. The van der Waals surface area contributed by atoms with Gasteiger partial charge in [0.2, 0.25) is 0 Å². The van der Waals surface area contributed by atoms with Gasteiger partial charge in [-0.1, -0.05) is 6.92 Å². The number of hydrogen-bond donors (Lipinski definition) is 1. The lowest BCUT2D eigenvalue weighted by Gasteiger charge is -2.28. The SMILES string of the molecule is CCC(CSC)N(C)c1nccnc1CN. The zero-order valence-electron chi connectivity index (χ0n) is 10.2. The van der Waals surface area contributed by atoms with Crippen LogP contribution < -0.4 is 10.6 Å². The van der Waals surface area contributed by atoms with Crippen molar-refractivity contribution in [3.8, 4) is 0 Å². The molecule has 0 amide bonds. The van der Waals surface area contributed by atoms with Gasteiger partial charge in [0.25, 0.3) is 0 Å². The molecule has 1 aromatic rings. The van der Waals surface area contributed by atoms with Crippen molar-refractivity contribution in [3.05, 3.63) is 18.1 Å². The molecule has 1 heterocycles. The molecule has 5 heteroatoms. The molecular weight excluding hydrogens is 220 g/mol. The maximum atomic E-state index is 5.67. The minimum atomic E-state index is 0.434. The number of nitrogens with two attached hydrogens (primary N) is 1. The maximum absolute atomic E-state index is 5.67. The summed E-state index contributed by atoms with van der Waals surface area (Å²) in [6, 6.07) is 0.483. The Morgan fingerprint density at radius 3 is 2.69 bits per heavy atom. The number of thioether (sulfide) groups is 1. The molecule has 1 unspecified atom stereocenters. The summed E-state index contributed by atoms with van der Waals surface area (Å²) in [6.45, 7) is 2.62. The monoisotopic (exact) mass is 240 g/mol. The summed E-state index contributed by atoms with van der Waals surface area (Å²) in [5.74, 6) is 2.00. The van der Waals surface area contributed by atoms with Crippen molar-refractivity contribution < 1.29 is 0 Å². The Morgan fingerprint density at radius 1 is 1.44 bits per heavy atom. The van der Waals surface area contributed by atoms with Gasteiger partial charge in [-0.2, -0.15) is 11.8 Å². The topological polar surface area (TPSA) is 55.0 Å². The van der Waals surface area contributed by atoms with E-state index in [1.54, 1.807) is 12.4 Å². The second kappa shape index (κ2) is 6.70. The van der Waals surface area contributed by atoms with Gasteiger partial charge >= 0.3 is 0 Å². The Labute approximate surface area is 102 Å². The summed E-state index contributed by atoms with van der Waals surface area (Å²) in [6.07, 6.45) is 6.63. The number of rotatable bonds is 6. The number of anilines is 1. The number of nitrogens with zero attached hydrogens (tertiary/aromatic N) is 3. The van der Waals surface area contributed by atoms with Crippen LogP contribution in [0.3, 0.4) is 0 Å². The fourth-order valence-electron chi connectivity index (χ4n) is 1.67. The lowest BCUT2D eigenvalue weighted by atomic mass is 10.2. The van der Waals surface area contributed by atoms with Gasteiger partial charge in [0.15, 0.2) is 5.82 Å². The average molecular weight is 240 g/mol. The van der Waals surface area contributed by atoms with E-state index in [0.29, 0.717) is 12.6 Å². The van der Waals surface area contributed by atoms with Crippen LogP contribution in [0.5, 0.6) is 0 Å². The van der Waals surface area contributed by atoms with Crippen LogP contribution in [0.25, 0.3) is 0 Å². The number of aromatic nitrogens is 2. The smallest absolute Gasteiger partial charge is 0.151 e. The third kappa shape index (κ3) is 3.09. The Morgan fingerprint density at radius 2 is 2.12 bits per heavy atom. The molecule has 0 saturated heterocycles. The molecule has 16 heavy (non-hydrogen) atoms. The van der Waals surface area contributed by atoms with E-state index in [1.165, 1.54) is 0 Å². The lowest BCUT2D eigenvalue weighted by Crippen LogP contribution is -2.35. The summed E-state index contributed by atoms with van der Waals surface area (Å²) < 4.78 is 0. The minimum absolute atomic E-state index is 0.434. The van der Waals surface area contributed by atoms with E-state index >= 15 is 0 Å². The quantitative estimate of drug-likeness (QED) is 0.817. The first-order valence-electron chi connectivity index (χ1n) is 5.46. The molecule has 0 fully saturated rings.